The maximum Gasteiger partial charge on any atom is 0.115 e. The summed E-state index contributed by atoms with van der Waals surface area (Å²) < 4.78 is 0. The van der Waals surface area contributed by atoms with Crippen LogP contribution in [0.2, 0.25) is 0 Å². The van der Waals surface area contributed by atoms with Gasteiger partial charge in [-0.2, -0.15) is 0 Å². The van der Waals surface area contributed by atoms with Crippen LogP contribution in [0.25, 0.3) is 100 Å². The Morgan fingerprint density at radius 1 is 0.256 bits per heavy atom. The zero-order valence-corrected chi connectivity index (χ0v) is 42.6. The lowest BCUT2D eigenvalue weighted by molar-refractivity contribution is 0.475. The third-order valence-corrected chi connectivity index (χ3v) is 15.4. The van der Waals surface area contributed by atoms with Crippen molar-refractivity contribution in [3.63, 3.8) is 0 Å². The summed E-state index contributed by atoms with van der Waals surface area (Å²) in [5.41, 5.74) is 23.4. The van der Waals surface area contributed by atoms with Crippen LogP contribution >= 0.6 is 0 Å². The van der Waals surface area contributed by atoms with Gasteiger partial charge in [0.05, 0.1) is 0 Å². The zero-order chi connectivity index (χ0) is 52.7. The van der Waals surface area contributed by atoms with Gasteiger partial charge in [-0.25, -0.2) is 0 Å². The lowest BCUT2D eigenvalue weighted by atomic mass is 9.71. The van der Waals surface area contributed by atoms with Crippen LogP contribution in [0.15, 0.2) is 279 Å². The molecule has 0 amide bonds. The topological polar surface area (TPSA) is 80.9 Å². The van der Waals surface area contributed by atoms with Crippen molar-refractivity contribution in [1.82, 2.24) is 0 Å². The molecule has 0 aliphatic heterocycles. The van der Waals surface area contributed by atoms with E-state index in [2.05, 4.69) is 176 Å². The van der Waals surface area contributed by atoms with Gasteiger partial charge in [0, 0.05) is 5.92 Å². The Labute approximate surface area is 453 Å². The molecule has 0 bridgehead atoms. The quantitative estimate of drug-likeness (QED) is 0.110. The second kappa shape index (κ2) is 20.2. The van der Waals surface area contributed by atoms with Crippen molar-refractivity contribution < 1.29 is 20.4 Å². The molecule has 1 unspecified atom stereocenters. The standard InChI is InChI=1S/C74H52O4/c75-65-33-25-51(26-34-65)47-9-17-55(18-10-47)59-41-60(56-19-11-48(12-20-56)52-27-35-66(76)36-28-52)44-63(43-59)73-69-5-1-2-6-70(69)74(72-8-4-3-7-71(72)73)64-45-61(57-21-13-49(14-22-57)53-29-37-67(77)38-30-53)42-62(46-64)58-23-15-50(16-24-58)54-31-39-68(78)40-32-54/h1-7,9-46,72,75-78H,8H2. The summed E-state index contributed by atoms with van der Waals surface area (Å²) in [5, 5.41) is 42.4. The van der Waals surface area contributed by atoms with Crippen molar-refractivity contribution >= 4 is 11.1 Å². The molecule has 78 heavy (non-hydrogen) atoms. The summed E-state index contributed by atoms with van der Waals surface area (Å²) >= 11 is 0. The van der Waals surface area contributed by atoms with Crippen molar-refractivity contribution in [2.75, 3.05) is 0 Å². The van der Waals surface area contributed by atoms with Gasteiger partial charge < -0.3 is 20.4 Å². The van der Waals surface area contributed by atoms with Crippen LogP contribution < -0.4 is 10.4 Å². The summed E-state index contributed by atoms with van der Waals surface area (Å²) in [4.78, 5) is 0. The van der Waals surface area contributed by atoms with Crippen LogP contribution in [0, 0.1) is 5.92 Å². The molecule has 11 aromatic rings. The Hall–Kier alpha value is -10.2. The summed E-state index contributed by atoms with van der Waals surface area (Å²) in [7, 11) is 0. The van der Waals surface area contributed by atoms with E-state index in [4.69, 9.17) is 0 Å². The molecule has 4 nitrogen and oxygen atoms in total. The second-order valence-corrected chi connectivity index (χ2v) is 20.3. The molecule has 0 heterocycles. The van der Waals surface area contributed by atoms with Gasteiger partial charge in [0.15, 0.2) is 0 Å². The van der Waals surface area contributed by atoms with Crippen LogP contribution in [-0.2, 0) is 0 Å². The molecule has 4 N–H and O–H groups in total. The van der Waals surface area contributed by atoms with E-state index in [9.17, 15) is 20.4 Å². The molecular weight excluding hydrogens is 953 g/mol. The van der Waals surface area contributed by atoms with E-state index < -0.39 is 0 Å². The molecule has 4 heteroatoms. The molecule has 2 aliphatic rings. The monoisotopic (exact) mass is 1000 g/mol. The van der Waals surface area contributed by atoms with E-state index in [1.54, 1.807) is 48.5 Å². The highest BCUT2D eigenvalue weighted by molar-refractivity contribution is 5.93. The lowest BCUT2D eigenvalue weighted by Gasteiger charge is -2.32. The number of hydrogen-bond acceptors (Lipinski definition) is 4. The third-order valence-electron chi connectivity index (χ3n) is 15.4. The van der Waals surface area contributed by atoms with Gasteiger partial charge in [-0.15, -0.1) is 0 Å². The Morgan fingerprint density at radius 2 is 0.513 bits per heavy atom. The number of phenols is 4. The maximum absolute atomic E-state index is 10.0. The summed E-state index contributed by atoms with van der Waals surface area (Å²) in [6.07, 6.45) is 7.70. The molecular formula is C74H52O4. The molecule has 0 radical (unpaired) electrons. The van der Waals surface area contributed by atoms with Crippen molar-refractivity contribution in [3.8, 4) is 112 Å². The minimum absolute atomic E-state index is 0.0537. The van der Waals surface area contributed by atoms with Gasteiger partial charge in [0.2, 0.25) is 0 Å². The first-order chi connectivity index (χ1) is 38.2. The van der Waals surface area contributed by atoms with Gasteiger partial charge in [-0.3, -0.25) is 0 Å². The number of allylic oxidation sites excluding steroid dienone is 4. The molecule has 13 rings (SSSR count). The van der Waals surface area contributed by atoms with E-state index in [0.717, 1.165) is 101 Å². The highest BCUT2D eigenvalue weighted by atomic mass is 16.3. The van der Waals surface area contributed by atoms with Crippen LogP contribution in [-0.4, -0.2) is 20.4 Å². The fraction of sp³-hybridized carbons (Fsp3) is 0.0270. The molecule has 0 saturated carbocycles. The van der Waals surface area contributed by atoms with Crippen molar-refractivity contribution in [2.24, 2.45) is 5.92 Å². The Morgan fingerprint density at radius 3 is 0.833 bits per heavy atom. The normalized spacial score (nSPS) is 13.6. The molecule has 2 aliphatic carbocycles. The summed E-state index contributed by atoms with van der Waals surface area (Å²) in [5.74, 6) is 1.03. The van der Waals surface area contributed by atoms with Crippen LogP contribution in [0.5, 0.6) is 23.0 Å². The fourth-order valence-electron chi connectivity index (χ4n) is 11.4. The van der Waals surface area contributed by atoms with Gasteiger partial charge in [0.1, 0.15) is 23.0 Å². The largest absolute Gasteiger partial charge is 0.508 e. The van der Waals surface area contributed by atoms with Crippen LogP contribution in [0.1, 0.15) is 17.5 Å². The number of aromatic hydroxyl groups is 4. The van der Waals surface area contributed by atoms with Crippen molar-refractivity contribution in [3.05, 3.63) is 300 Å². The van der Waals surface area contributed by atoms with Gasteiger partial charge in [0.25, 0.3) is 0 Å². The van der Waals surface area contributed by atoms with Crippen molar-refractivity contribution in [1.29, 1.82) is 0 Å². The zero-order valence-electron chi connectivity index (χ0n) is 42.6. The van der Waals surface area contributed by atoms with Gasteiger partial charge in [-0.1, -0.05) is 188 Å². The second-order valence-electron chi connectivity index (χ2n) is 20.3. The van der Waals surface area contributed by atoms with Crippen molar-refractivity contribution in [2.45, 2.75) is 6.42 Å². The van der Waals surface area contributed by atoms with E-state index in [1.807, 2.05) is 48.5 Å². The molecule has 0 saturated heterocycles. The van der Waals surface area contributed by atoms with Gasteiger partial charge in [-0.05, 0) is 219 Å². The number of phenolic OH excluding ortho intramolecular Hbond substituents is 4. The van der Waals surface area contributed by atoms with Gasteiger partial charge >= 0.3 is 0 Å². The van der Waals surface area contributed by atoms with E-state index in [0.29, 0.717) is 0 Å². The predicted molar refractivity (Wildman–Crippen MR) is 319 cm³/mol. The fourth-order valence-corrected chi connectivity index (χ4v) is 11.4. The molecule has 0 spiro atoms. The first-order valence-corrected chi connectivity index (χ1v) is 26.4. The molecule has 0 fully saturated rings. The molecule has 372 valence electrons. The Kier molecular flexibility index (Phi) is 12.3. The van der Waals surface area contributed by atoms with Crippen LogP contribution in [0.3, 0.4) is 0 Å². The first-order valence-electron chi connectivity index (χ1n) is 26.4. The highest BCUT2D eigenvalue weighted by Gasteiger charge is 2.30. The predicted octanol–water partition coefficient (Wildman–Crippen LogP) is 16.8. The third kappa shape index (κ3) is 9.37. The Balaban J connectivity index is 0.994. The number of benzene rings is 11. The van der Waals surface area contributed by atoms with E-state index in [1.165, 1.54) is 32.7 Å². The van der Waals surface area contributed by atoms with E-state index >= 15 is 0 Å². The number of hydrogen-bond donors (Lipinski definition) is 4. The smallest absolute Gasteiger partial charge is 0.115 e. The minimum atomic E-state index is 0.0537. The summed E-state index contributed by atoms with van der Waals surface area (Å²) in [6, 6.07) is 87.3. The molecule has 1 atom stereocenters. The number of fused-ring (bicyclic) bond motifs is 2. The average Bonchev–Trinajstić information content (AvgIpc) is 3.55. The molecule has 0 aromatic heterocycles. The maximum atomic E-state index is 10.0. The first kappa shape index (κ1) is 47.5. The van der Waals surface area contributed by atoms with Crippen LogP contribution in [0.4, 0.5) is 0 Å². The lowest BCUT2D eigenvalue weighted by Crippen LogP contribution is -2.37. The molecule has 11 aromatic carbocycles. The summed E-state index contributed by atoms with van der Waals surface area (Å²) in [6.45, 7) is 0. The minimum Gasteiger partial charge on any atom is -0.508 e. The van der Waals surface area contributed by atoms with E-state index in [-0.39, 0.29) is 28.9 Å². The number of rotatable bonds is 10. The average molecular weight is 1010 g/mol. The highest BCUT2D eigenvalue weighted by Crippen LogP contribution is 2.44. The Bertz CT molecular complexity index is 4010. The SMILES string of the molecule is Oc1ccc(-c2ccc(-c3cc(C4=c5ccccc5=C(c5cc(-c6ccc(-c7ccc(O)cc7)cc6)cc(-c6ccc(-c7ccc(O)cc7)cc6)c5)C5CC=CC=C45)cc(-c4ccc(-c5ccc(O)cc5)cc4)c3)cc2)cc1.